The van der Waals surface area contributed by atoms with Gasteiger partial charge in [-0.05, 0) is 36.4 Å². The van der Waals surface area contributed by atoms with Gasteiger partial charge in [0.15, 0.2) is 11.6 Å². The normalized spacial score (nSPS) is 10.5. The Morgan fingerprint density at radius 1 is 0.909 bits per heavy atom. The molecule has 0 unspecified atom stereocenters. The molecule has 2 aromatic carbocycles. The van der Waals surface area contributed by atoms with Crippen LogP contribution in [0.4, 0.5) is 4.39 Å². The summed E-state index contributed by atoms with van der Waals surface area (Å²) in [5, 5.41) is 7.93. The standard InChI is InChI=1S/C16H13FN2O3/c1-20-12-5-3-4-10(8-12)15-18-19-16(22-15)11-6-7-14(21-2)13(17)9-11/h3-9H,1-2H3. The van der Waals surface area contributed by atoms with Gasteiger partial charge in [0.1, 0.15) is 5.75 Å². The van der Waals surface area contributed by atoms with Gasteiger partial charge >= 0.3 is 0 Å². The van der Waals surface area contributed by atoms with Gasteiger partial charge in [-0.3, -0.25) is 0 Å². The van der Waals surface area contributed by atoms with Gasteiger partial charge in [0, 0.05) is 11.1 Å². The van der Waals surface area contributed by atoms with Crippen LogP contribution in [0.2, 0.25) is 0 Å². The first-order chi connectivity index (χ1) is 10.7. The quantitative estimate of drug-likeness (QED) is 0.737. The molecule has 0 bridgehead atoms. The van der Waals surface area contributed by atoms with Gasteiger partial charge in [-0.1, -0.05) is 6.07 Å². The molecule has 0 fully saturated rings. The Morgan fingerprint density at radius 2 is 1.64 bits per heavy atom. The SMILES string of the molecule is COc1cccc(-c2nnc(-c3ccc(OC)c(F)c3)o2)c1. The molecule has 0 amide bonds. The van der Waals surface area contributed by atoms with Crippen molar-refractivity contribution >= 4 is 0 Å². The van der Waals surface area contributed by atoms with Gasteiger partial charge in [-0.25, -0.2) is 4.39 Å². The van der Waals surface area contributed by atoms with E-state index in [9.17, 15) is 4.39 Å². The third-order valence-electron chi connectivity index (χ3n) is 3.14. The smallest absolute Gasteiger partial charge is 0.248 e. The fourth-order valence-corrected chi connectivity index (χ4v) is 2.01. The minimum absolute atomic E-state index is 0.163. The fourth-order valence-electron chi connectivity index (χ4n) is 2.01. The lowest BCUT2D eigenvalue weighted by molar-refractivity contribution is 0.386. The molecular weight excluding hydrogens is 287 g/mol. The summed E-state index contributed by atoms with van der Waals surface area (Å²) in [6, 6.07) is 11.7. The van der Waals surface area contributed by atoms with Crippen molar-refractivity contribution in [1.29, 1.82) is 0 Å². The minimum Gasteiger partial charge on any atom is -0.497 e. The Morgan fingerprint density at radius 3 is 2.27 bits per heavy atom. The molecule has 0 aliphatic carbocycles. The van der Waals surface area contributed by atoms with E-state index in [1.807, 2.05) is 18.2 Å². The van der Waals surface area contributed by atoms with Crippen LogP contribution < -0.4 is 9.47 Å². The zero-order valence-corrected chi connectivity index (χ0v) is 12.0. The summed E-state index contributed by atoms with van der Waals surface area (Å²) in [5.74, 6) is 0.939. The molecule has 1 aromatic heterocycles. The molecule has 0 saturated carbocycles. The van der Waals surface area contributed by atoms with E-state index in [1.165, 1.54) is 19.2 Å². The van der Waals surface area contributed by atoms with Crippen molar-refractivity contribution in [3.8, 4) is 34.4 Å². The van der Waals surface area contributed by atoms with Crippen LogP contribution in [-0.4, -0.2) is 24.4 Å². The third kappa shape index (κ3) is 2.63. The van der Waals surface area contributed by atoms with E-state index in [0.717, 1.165) is 5.56 Å². The molecular formula is C16H13FN2O3. The van der Waals surface area contributed by atoms with E-state index in [0.29, 0.717) is 17.2 Å². The number of rotatable bonds is 4. The number of benzene rings is 2. The molecule has 112 valence electrons. The van der Waals surface area contributed by atoms with Crippen molar-refractivity contribution in [2.45, 2.75) is 0 Å². The maximum Gasteiger partial charge on any atom is 0.248 e. The highest BCUT2D eigenvalue weighted by Gasteiger charge is 2.13. The summed E-state index contributed by atoms with van der Waals surface area (Å²) in [7, 11) is 2.99. The monoisotopic (exact) mass is 300 g/mol. The molecule has 0 saturated heterocycles. The summed E-state index contributed by atoms with van der Waals surface area (Å²) in [6.45, 7) is 0. The topological polar surface area (TPSA) is 57.4 Å². The van der Waals surface area contributed by atoms with Gasteiger partial charge in [0.25, 0.3) is 0 Å². The Labute approximate surface area is 126 Å². The van der Waals surface area contributed by atoms with Gasteiger partial charge in [0.2, 0.25) is 11.8 Å². The molecule has 1 heterocycles. The summed E-state index contributed by atoms with van der Waals surface area (Å²) >= 11 is 0. The highest BCUT2D eigenvalue weighted by atomic mass is 19.1. The number of nitrogens with zero attached hydrogens (tertiary/aromatic N) is 2. The summed E-state index contributed by atoms with van der Waals surface area (Å²) in [5.41, 5.74) is 1.21. The number of halogens is 1. The number of aromatic nitrogens is 2. The molecule has 0 aliphatic rings. The highest BCUT2D eigenvalue weighted by molar-refractivity contribution is 5.60. The van der Waals surface area contributed by atoms with E-state index in [-0.39, 0.29) is 11.6 Å². The molecule has 0 aliphatic heterocycles. The molecule has 22 heavy (non-hydrogen) atoms. The number of hydrogen-bond donors (Lipinski definition) is 0. The van der Waals surface area contributed by atoms with Crippen molar-refractivity contribution in [1.82, 2.24) is 10.2 Å². The maximum atomic E-state index is 13.7. The van der Waals surface area contributed by atoms with Gasteiger partial charge < -0.3 is 13.9 Å². The van der Waals surface area contributed by atoms with Crippen molar-refractivity contribution in [3.05, 3.63) is 48.3 Å². The van der Waals surface area contributed by atoms with Gasteiger partial charge in [-0.2, -0.15) is 0 Å². The van der Waals surface area contributed by atoms with Gasteiger partial charge in [-0.15, -0.1) is 10.2 Å². The maximum absolute atomic E-state index is 13.7. The number of methoxy groups -OCH3 is 2. The molecule has 5 nitrogen and oxygen atoms in total. The van der Waals surface area contributed by atoms with E-state index >= 15 is 0 Å². The fraction of sp³-hybridized carbons (Fsp3) is 0.125. The van der Waals surface area contributed by atoms with Crippen LogP contribution in [0, 0.1) is 5.82 Å². The zero-order chi connectivity index (χ0) is 15.5. The first kappa shape index (κ1) is 14.1. The van der Waals surface area contributed by atoms with E-state index < -0.39 is 5.82 Å². The van der Waals surface area contributed by atoms with Crippen LogP contribution in [0.1, 0.15) is 0 Å². The average molecular weight is 300 g/mol. The molecule has 6 heteroatoms. The number of hydrogen-bond acceptors (Lipinski definition) is 5. The third-order valence-corrected chi connectivity index (χ3v) is 3.14. The molecule has 3 rings (SSSR count). The second-order valence-electron chi connectivity index (χ2n) is 4.49. The first-order valence-corrected chi connectivity index (χ1v) is 6.53. The summed E-state index contributed by atoms with van der Waals surface area (Å²) < 4.78 is 29.4. The molecule has 0 radical (unpaired) electrons. The van der Waals surface area contributed by atoms with E-state index in [2.05, 4.69) is 10.2 Å². The molecule has 0 N–H and O–H groups in total. The Bertz CT molecular complexity index is 802. The predicted molar refractivity (Wildman–Crippen MR) is 78.2 cm³/mol. The van der Waals surface area contributed by atoms with Crippen molar-refractivity contribution in [2.75, 3.05) is 14.2 Å². The van der Waals surface area contributed by atoms with Crippen LogP contribution in [-0.2, 0) is 0 Å². The van der Waals surface area contributed by atoms with E-state index in [1.54, 1.807) is 19.2 Å². The highest BCUT2D eigenvalue weighted by Crippen LogP contribution is 2.28. The summed E-state index contributed by atoms with van der Waals surface area (Å²) in [6.07, 6.45) is 0. The summed E-state index contributed by atoms with van der Waals surface area (Å²) in [4.78, 5) is 0. The largest absolute Gasteiger partial charge is 0.497 e. The Kier molecular flexibility index (Phi) is 3.74. The number of ether oxygens (including phenoxy) is 2. The first-order valence-electron chi connectivity index (χ1n) is 6.53. The van der Waals surface area contributed by atoms with Crippen molar-refractivity contribution in [3.63, 3.8) is 0 Å². The van der Waals surface area contributed by atoms with Crippen LogP contribution in [0.5, 0.6) is 11.5 Å². The molecule has 0 atom stereocenters. The average Bonchev–Trinajstić information content (AvgIpc) is 3.05. The van der Waals surface area contributed by atoms with E-state index in [4.69, 9.17) is 13.9 Å². The Balaban J connectivity index is 1.94. The lowest BCUT2D eigenvalue weighted by Crippen LogP contribution is -1.88. The van der Waals surface area contributed by atoms with Crippen molar-refractivity contribution < 1.29 is 18.3 Å². The van der Waals surface area contributed by atoms with Crippen LogP contribution in [0.3, 0.4) is 0 Å². The molecule has 0 spiro atoms. The Hall–Kier alpha value is -2.89. The lowest BCUT2D eigenvalue weighted by atomic mass is 10.2. The van der Waals surface area contributed by atoms with Gasteiger partial charge in [0.05, 0.1) is 14.2 Å². The minimum atomic E-state index is -0.485. The lowest BCUT2D eigenvalue weighted by Gasteiger charge is -2.02. The predicted octanol–water partition coefficient (Wildman–Crippen LogP) is 3.56. The van der Waals surface area contributed by atoms with Crippen molar-refractivity contribution in [2.24, 2.45) is 0 Å². The zero-order valence-electron chi connectivity index (χ0n) is 12.0. The second kappa shape index (κ2) is 5.85. The molecule has 3 aromatic rings. The van der Waals surface area contributed by atoms with Crippen LogP contribution >= 0.6 is 0 Å². The van der Waals surface area contributed by atoms with Crippen LogP contribution in [0.15, 0.2) is 46.9 Å². The second-order valence-corrected chi connectivity index (χ2v) is 4.49. The van der Waals surface area contributed by atoms with Crippen LogP contribution in [0.25, 0.3) is 22.9 Å².